The van der Waals surface area contributed by atoms with Crippen LogP contribution in [0.3, 0.4) is 0 Å². The zero-order valence-corrected chi connectivity index (χ0v) is 18.7. The lowest BCUT2D eigenvalue weighted by Gasteiger charge is -2.13. The molecule has 3 N–H and O–H groups in total. The zero-order valence-electron chi connectivity index (χ0n) is 16.3. The van der Waals surface area contributed by atoms with Gasteiger partial charge in [0.2, 0.25) is 0 Å². The Hall–Kier alpha value is -2.62. The Morgan fingerprint density at radius 1 is 1.30 bits per heavy atom. The minimum atomic E-state index is -4.19. The monoisotopic (exact) mass is 465 g/mol. The minimum Gasteiger partial charge on any atom is -0.481 e. The Morgan fingerprint density at radius 2 is 2.03 bits per heavy atom. The van der Waals surface area contributed by atoms with E-state index in [1.54, 1.807) is 17.4 Å². The Bertz CT molecular complexity index is 1260. The van der Waals surface area contributed by atoms with Gasteiger partial charge in [-0.25, -0.2) is 12.4 Å². The summed E-state index contributed by atoms with van der Waals surface area (Å²) in [5.41, 5.74) is 2.68. The molecule has 2 heterocycles. The van der Waals surface area contributed by atoms with Crippen LogP contribution in [0.25, 0.3) is 22.0 Å². The SMILES string of the molecule is CN/C(Cl)=C(\C(C)=N)S(=O)(=O)n1cc(CCC(=O)O)c2cc(-c3ccsc3)ccc21. The van der Waals surface area contributed by atoms with Crippen molar-refractivity contribution in [2.75, 3.05) is 7.05 Å². The highest BCUT2D eigenvalue weighted by Gasteiger charge is 2.28. The predicted octanol–water partition coefficient (Wildman–Crippen LogP) is 4.23. The molecule has 30 heavy (non-hydrogen) atoms. The van der Waals surface area contributed by atoms with Crippen molar-refractivity contribution in [3.05, 3.63) is 56.8 Å². The predicted molar refractivity (Wildman–Crippen MR) is 121 cm³/mol. The smallest absolute Gasteiger partial charge is 0.303 e. The lowest BCUT2D eigenvalue weighted by molar-refractivity contribution is -0.136. The number of aliphatic carboxylic acids is 1. The van der Waals surface area contributed by atoms with Crippen LogP contribution in [0.5, 0.6) is 0 Å². The number of carboxylic acid groups (broad SMARTS) is 1. The van der Waals surface area contributed by atoms with E-state index in [-0.39, 0.29) is 28.6 Å². The fourth-order valence-electron chi connectivity index (χ4n) is 3.20. The summed E-state index contributed by atoms with van der Waals surface area (Å²) in [5.74, 6) is -0.970. The molecule has 1 aromatic carbocycles. The second-order valence-corrected chi connectivity index (χ2v) is 9.52. The fraction of sp³-hybridized carbons (Fsp3) is 0.200. The Morgan fingerprint density at radius 3 is 2.60 bits per heavy atom. The van der Waals surface area contributed by atoms with E-state index in [0.29, 0.717) is 16.5 Å². The molecule has 0 unspecified atom stereocenters. The normalized spacial score (nSPS) is 12.6. The largest absolute Gasteiger partial charge is 0.481 e. The van der Waals surface area contributed by atoms with Crippen molar-refractivity contribution in [3.63, 3.8) is 0 Å². The van der Waals surface area contributed by atoms with Crippen molar-refractivity contribution in [1.29, 1.82) is 5.41 Å². The van der Waals surface area contributed by atoms with E-state index in [2.05, 4.69) is 5.32 Å². The van der Waals surface area contributed by atoms with Gasteiger partial charge in [0.1, 0.15) is 10.1 Å². The standard InChI is InChI=1S/C20H20ClN3O4S2/c1-12(22)19(20(21)23-2)30(27,28)24-10-14(4-6-18(25)26)16-9-13(3-5-17(16)24)15-7-8-29-11-15/h3,5,7-11,22-23H,4,6H2,1-2H3,(H,25,26)/b20-19+,22-12?. The van der Waals surface area contributed by atoms with Crippen molar-refractivity contribution >= 4 is 55.5 Å². The number of nitrogens with one attached hydrogen (secondary N) is 2. The van der Waals surface area contributed by atoms with Crippen molar-refractivity contribution in [1.82, 2.24) is 9.29 Å². The molecule has 10 heteroatoms. The van der Waals surface area contributed by atoms with Crippen LogP contribution in [0.2, 0.25) is 0 Å². The molecule has 0 spiro atoms. The van der Waals surface area contributed by atoms with Crippen LogP contribution in [0.4, 0.5) is 0 Å². The average Bonchev–Trinajstić information content (AvgIpc) is 3.33. The Labute approximate surface area is 183 Å². The van der Waals surface area contributed by atoms with Gasteiger partial charge in [0.15, 0.2) is 0 Å². The number of halogens is 1. The third-order valence-electron chi connectivity index (χ3n) is 4.59. The molecule has 0 aliphatic heterocycles. The molecule has 0 radical (unpaired) electrons. The number of aryl methyl sites for hydroxylation is 1. The van der Waals surface area contributed by atoms with Gasteiger partial charge in [0, 0.05) is 25.1 Å². The van der Waals surface area contributed by atoms with Crippen molar-refractivity contribution < 1.29 is 18.3 Å². The number of thiophene rings is 1. The van der Waals surface area contributed by atoms with Gasteiger partial charge in [-0.3, -0.25) is 4.79 Å². The van der Waals surface area contributed by atoms with Crippen molar-refractivity contribution in [2.24, 2.45) is 0 Å². The molecular weight excluding hydrogens is 446 g/mol. The topological polar surface area (TPSA) is 112 Å². The van der Waals surface area contributed by atoms with Gasteiger partial charge in [-0.2, -0.15) is 11.3 Å². The first kappa shape index (κ1) is 22.1. The maximum Gasteiger partial charge on any atom is 0.303 e. The number of fused-ring (bicyclic) bond motifs is 1. The third kappa shape index (κ3) is 4.14. The van der Waals surface area contributed by atoms with Gasteiger partial charge in [-0.15, -0.1) is 0 Å². The highest BCUT2D eigenvalue weighted by Crippen LogP contribution is 2.32. The number of hydrogen-bond acceptors (Lipinski definition) is 6. The van der Waals surface area contributed by atoms with E-state index < -0.39 is 16.0 Å². The van der Waals surface area contributed by atoms with E-state index in [0.717, 1.165) is 15.1 Å². The molecular formula is C20H20ClN3O4S2. The summed E-state index contributed by atoms with van der Waals surface area (Å²) >= 11 is 7.62. The summed E-state index contributed by atoms with van der Waals surface area (Å²) < 4.78 is 27.8. The molecule has 3 aromatic rings. The first-order valence-corrected chi connectivity index (χ1v) is 11.7. The molecule has 3 rings (SSSR count). The first-order valence-electron chi connectivity index (χ1n) is 8.93. The molecule has 2 aromatic heterocycles. The van der Waals surface area contributed by atoms with Crippen LogP contribution in [0, 0.1) is 5.41 Å². The number of hydrogen-bond donors (Lipinski definition) is 3. The van der Waals surface area contributed by atoms with Crippen LogP contribution >= 0.6 is 22.9 Å². The van der Waals surface area contributed by atoms with E-state index in [9.17, 15) is 13.2 Å². The molecule has 0 bridgehead atoms. The molecule has 0 atom stereocenters. The molecule has 0 saturated heterocycles. The quantitative estimate of drug-likeness (QED) is 0.340. The van der Waals surface area contributed by atoms with Gasteiger partial charge >= 0.3 is 5.97 Å². The van der Waals surface area contributed by atoms with Gasteiger partial charge in [0.25, 0.3) is 10.0 Å². The summed E-state index contributed by atoms with van der Waals surface area (Å²) in [6.07, 6.45) is 1.46. The maximum absolute atomic E-state index is 13.4. The highest BCUT2D eigenvalue weighted by molar-refractivity contribution is 7.95. The van der Waals surface area contributed by atoms with Crippen LogP contribution in [0.1, 0.15) is 18.9 Å². The van der Waals surface area contributed by atoms with Crippen LogP contribution in [0.15, 0.2) is 51.3 Å². The van der Waals surface area contributed by atoms with Crippen molar-refractivity contribution in [2.45, 2.75) is 19.8 Å². The molecule has 158 valence electrons. The maximum atomic E-state index is 13.4. The van der Waals surface area contributed by atoms with E-state index in [1.165, 1.54) is 20.2 Å². The lowest BCUT2D eigenvalue weighted by Crippen LogP contribution is -2.22. The molecule has 7 nitrogen and oxygen atoms in total. The van der Waals surface area contributed by atoms with E-state index in [1.807, 2.05) is 29.0 Å². The minimum absolute atomic E-state index is 0.134. The summed E-state index contributed by atoms with van der Waals surface area (Å²) in [5, 5.41) is 24.0. The summed E-state index contributed by atoms with van der Waals surface area (Å²) in [7, 11) is -2.72. The van der Waals surface area contributed by atoms with E-state index >= 15 is 0 Å². The van der Waals surface area contributed by atoms with Crippen LogP contribution < -0.4 is 5.32 Å². The fourth-order valence-corrected chi connectivity index (χ4v) is 5.89. The third-order valence-corrected chi connectivity index (χ3v) is 7.61. The molecule has 0 fully saturated rings. The van der Waals surface area contributed by atoms with Gasteiger partial charge < -0.3 is 15.8 Å². The second-order valence-electron chi connectivity index (χ2n) is 6.61. The van der Waals surface area contributed by atoms with E-state index in [4.69, 9.17) is 22.1 Å². The zero-order chi connectivity index (χ0) is 22.1. The average molecular weight is 466 g/mol. The van der Waals surface area contributed by atoms with Gasteiger partial charge in [-0.1, -0.05) is 17.7 Å². The number of nitrogens with zero attached hydrogens (tertiary/aromatic N) is 1. The molecule has 0 aliphatic carbocycles. The van der Waals surface area contributed by atoms with Crippen LogP contribution in [-0.4, -0.2) is 36.2 Å². The summed E-state index contributed by atoms with van der Waals surface area (Å²) in [4.78, 5) is 10.8. The highest BCUT2D eigenvalue weighted by atomic mass is 35.5. The molecule has 0 saturated carbocycles. The van der Waals surface area contributed by atoms with Crippen molar-refractivity contribution in [3.8, 4) is 11.1 Å². The second kappa shape index (κ2) is 8.63. The number of rotatable bonds is 8. The molecule has 0 amide bonds. The number of carboxylic acids is 1. The van der Waals surface area contributed by atoms with Crippen LogP contribution in [-0.2, 0) is 21.2 Å². The summed E-state index contributed by atoms with van der Waals surface area (Å²) in [6.45, 7) is 1.35. The number of benzene rings is 1. The Balaban J connectivity index is 2.27. The summed E-state index contributed by atoms with van der Waals surface area (Å²) in [6, 6.07) is 7.33. The van der Waals surface area contributed by atoms with Gasteiger partial charge in [-0.05, 0) is 59.0 Å². The number of carbonyl (C=O) groups is 1. The van der Waals surface area contributed by atoms with Gasteiger partial charge in [0.05, 0.1) is 11.2 Å². The lowest BCUT2D eigenvalue weighted by atomic mass is 10.0. The number of aromatic nitrogens is 1. The Kier molecular flexibility index (Phi) is 6.35. The number of allylic oxidation sites excluding steroid dienone is 1. The molecule has 0 aliphatic rings. The first-order chi connectivity index (χ1) is 14.2.